The Bertz CT molecular complexity index is 379. The molecule has 0 radical (unpaired) electrons. The summed E-state index contributed by atoms with van der Waals surface area (Å²) in [6, 6.07) is 4.80. The van der Waals surface area contributed by atoms with Crippen molar-refractivity contribution in [2.75, 3.05) is 13.1 Å². The van der Waals surface area contributed by atoms with Gasteiger partial charge in [-0.1, -0.05) is 33.6 Å². The Balaban J connectivity index is 2.22. The van der Waals surface area contributed by atoms with Crippen molar-refractivity contribution in [1.29, 1.82) is 0 Å². The highest BCUT2D eigenvalue weighted by molar-refractivity contribution is 9.10. The predicted octanol–water partition coefficient (Wildman–Crippen LogP) is 3.36. The average molecular weight is 270 g/mol. The minimum absolute atomic E-state index is 0.203. The molecule has 3 heteroatoms. The maximum atomic E-state index is 12.9. The Labute approximate surface area is 97.5 Å². The third-order valence-electron chi connectivity index (χ3n) is 2.53. The third-order valence-corrected chi connectivity index (χ3v) is 3.21. The summed E-state index contributed by atoms with van der Waals surface area (Å²) in [7, 11) is 0. The fourth-order valence-electron chi connectivity index (χ4n) is 1.74. The number of hydrogen-bond donors (Lipinski definition) is 1. The maximum absolute atomic E-state index is 12.9. The van der Waals surface area contributed by atoms with Crippen molar-refractivity contribution in [3.05, 3.63) is 39.6 Å². The Morgan fingerprint density at radius 1 is 1.40 bits per heavy atom. The molecule has 80 valence electrons. The highest BCUT2D eigenvalue weighted by Gasteiger charge is 2.05. The SMILES string of the molecule is Fc1ccc(C=C2CCCNC2)c(Br)c1. The van der Waals surface area contributed by atoms with Crippen LogP contribution in [0.4, 0.5) is 4.39 Å². The molecular weight excluding hydrogens is 257 g/mol. The van der Waals surface area contributed by atoms with Gasteiger partial charge in [0, 0.05) is 11.0 Å². The van der Waals surface area contributed by atoms with Crippen LogP contribution in [0.25, 0.3) is 6.08 Å². The molecule has 15 heavy (non-hydrogen) atoms. The molecule has 0 amide bonds. The highest BCUT2D eigenvalue weighted by Crippen LogP contribution is 2.22. The Morgan fingerprint density at radius 2 is 2.27 bits per heavy atom. The molecule has 2 rings (SSSR count). The van der Waals surface area contributed by atoms with E-state index in [0.29, 0.717) is 0 Å². The number of rotatable bonds is 1. The molecule has 0 aliphatic carbocycles. The number of benzene rings is 1. The molecule has 1 aliphatic rings. The van der Waals surface area contributed by atoms with Gasteiger partial charge in [-0.25, -0.2) is 4.39 Å². The van der Waals surface area contributed by atoms with E-state index >= 15 is 0 Å². The van der Waals surface area contributed by atoms with E-state index in [0.717, 1.165) is 29.5 Å². The maximum Gasteiger partial charge on any atom is 0.124 e. The molecule has 1 saturated heterocycles. The van der Waals surface area contributed by atoms with Crippen LogP contribution in [0.1, 0.15) is 18.4 Å². The Morgan fingerprint density at radius 3 is 2.93 bits per heavy atom. The zero-order valence-electron chi connectivity index (χ0n) is 8.39. The Hall–Kier alpha value is -0.670. The van der Waals surface area contributed by atoms with Gasteiger partial charge in [-0.15, -0.1) is 0 Å². The zero-order valence-corrected chi connectivity index (χ0v) is 9.98. The fraction of sp³-hybridized carbons (Fsp3) is 0.333. The van der Waals surface area contributed by atoms with Gasteiger partial charge in [-0.3, -0.25) is 0 Å². The number of hydrogen-bond acceptors (Lipinski definition) is 1. The largest absolute Gasteiger partial charge is 0.313 e. The summed E-state index contributed by atoms with van der Waals surface area (Å²) in [4.78, 5) is 0. The molecule has 1 N–H and O–H groups in total. The third kappa shape index (κ3) is 2.89. The van der Waals surface area contributed by atoms with Crippen molar-refractivity contribution < 1.29 is 4.39 Å². The molecular formula is C12H13BrFN. The van der Waals surface area contributed by atoms with Gasteiger partial charge in [0.15, 0.2) is 0 Å². The van der Waals surface area contributed by atoms with Crippen molar-refractivity contribution in [2.45, 2.75) is 12.8 Å². The van der Waals surface area contributed by atoms with Crippen molar-refractivity contribution in [1.82, 2.24) is 5.32 Å². The zero-order chi connectivity index (χ0) is 10.7. The molecule has 1 heterocycles. The van der Waals surface area contributed by atoms with E-state index in [2.05, 4.69) is 27.3 Å². The first-order valence-corrected chi connectivity index (χ1v) is 5.90. The molecule has 1 aromatic rings. The minimum Gasteiger partial charge on any atom is -0.313 e. The van der Waals surface area contributed by atoms with Gasteiger partial charge >= 0.3 is 0 Å². The molecule has 1 fully saturated rings. The van der Waals surface area contributed by atoms with Crippen molar-refractivity contribution in [3.8, 4) is 0 Å². The van der Waals surface area contributed by atoms with Crippen molar-refractivity contribution in [3.63, 3.8) is 0 Å². The van der Waals surface area contributed by atoms with Crippen LogP contribution < -0.4 is 5.32 Å². The topological polar surface area (TPSA) is 12.0 Å². The fourth-order valence-corrected chi connectivity index (χ4v) is 2.20. The summed E-state index contributed by atoms with van der Waals surface area (Å²) in [6.07, 6.45) is 4.46. The lowest BCUT2D eigenvalue weighted by molar-refractivity contribution is 0.613. The smallest absolute Gasteiger partial charge is 0.124 e. The molecule has 1 nitrogen and oxygen atoms in total. The normalized spacial score (nSPS) is 19.5. The first-order valence-electron chi connectivity index (χ1n) is 5.11. The summed E-state index contributed by atoms with van der Waals surface area (Å²) in [5, 5.41) is 3.33. The van der Waals surface area contributed by atoms with Gasteiger partial charge in [-0.05, 0) is 37.1 Å². The molecule has 0 saturated carbocycles. The van der Waals surface area contributed by atoms with Gasteiger partial charge in [0.1, 0.15) is 5.82 Å². The van der Waals surface area contributed by atoms with Gasteiger partial charge in [0.25, 0.3) is 0 Å². The molecule has 1 aliphatic heterocycles. The predicted molar refractivity (Wildman–Crippen MR) is 64.2 cm³/mol. The second kappa shape index (κ2) is 4.90. The van der Waals surface area contributed by atoms with Gasteiger partial charge in [0.05, 0.1) is 0 Å². The summed E-state index contributed by atoms with van der Waals surface area (Å²) in [6.45, 7) is 2.05. The molecule has 1 aromatic carbocycles. The van der Waals surface area contributed by atoms with E-state index in [1.807, 2.05) is 0 Å². The summed E-state index contributed by atoms with van der Waals surface area (Å²) in [5.41, 5.74) is 2.43. The number of nitrogens with one attached hydrogen (secondary N) is 1. The first kappa shape index (κ1) is 10.8. The van der Waals surface area contributed by atoms with Gasteiger partial charge in [0.2, 0.25) is 0 Å². The summed E-state index contributed by atoms with van der Waals surface area (Å²) in [5.74, 6) is -0.203. The van der Waals surface area contributed by atoms with Gasteiger partial charge < -0.3 is 5.32 Å². The number of piperidine rings is 1. The molecule has 0 unspecified atom stereocenters. The monoisotopic (exact) mass is 269 g/mol. The second-order valence-electron chi connectivity index (χ2n) is 3.75. The second-order valence-corrected chi connectivity index (χ2v) is 4.60. The van der Waals surface area contributed by atoms with Crippen LogP contribution in [0.5, 0.6) is 0 Å². The van der Waals surface area contributed by atoms with E-state index in [9.17, 15) is 4.39 Å². The molecule has 0 atom stereocenters. The number of halogens is 2. The molecule has 0 spiro atoms. The van der Waals surface area contributed by atoms with Crippen LogP contribution in [0.2, 0.25) is 0 Å². The molecule has 0 bridgehead atoms. The highest BCUT2D eigenvalue weighted by atomic mass is 79.9. The van der Waals surface area contributed by atoms with E-state index in [4.69, 9.17) is 0 Å². The van der Waals surface area contributed by atoms with E-state index in [-0.39, 0.29) is 5.82 Å². The van der Waals surface area contributed by atoms with Crippen LogP contribution in [0.15, 0.2) is 28.2 Å². The summed E-state index contributed by atoms with van der Waals surface area (Å²) < 4.78 is 13.7. The van der Waals surface area contributed by atoms with Crippen molar-refractivity contribution >= 4 is 22.0 Å². The van der Waals surface area contributed by atoms with Crippen LogP contribution >= 0.6 is 15.9 Å². The van der Waals surface area contributed by atoms with Crippen LogP contribution in [-0.4, -0.2) is 13.1 Å². The van der Waals surface area contributed by atoms with E-state index < -0.39 is 0 Å². The van der Waals surface area contributed by atoms with Crippen LogP contribution in [-0.2, 0) is 0 Å². The lowest BCUT2D eigenvalue weighted by Gasteiger charge is -2.15. The lowest BCUT2D eigenvalue weighted by Crippen LogP contribution is -2.23. The lowest BCUT2D eigenvalue weighted by atomic mass is 10.0. The van der Waals surface area contributed by atoms with Crippen LogP contribution in [0.3, 0.4) is 0 Å². The summed E-state index contributed by atoms with van der Waals surface area (Å²) >= 11 is 3.37. The van der Waals surface area contributed by atoms with Crippen molar-refractivity contribution in [2.24, 2.45) is 0 Å². The average Bonchev–Trinajstić information content (AvgIpc) is 2.24. The van der Waals surface area contributed by atoms with E-state index in [1.54, 1.807) is 6.07 Å². The van der Waals surface area contributed by atoms with E-state index in [1.165, 1.54) is 24.1 Å². The standard InChI is InChI=1S/C12H13BrFN/c13-12-7-11(14)4-3-10(12)6-9-2-1-5-15-8-9/h3-4,6-7,15H,1-2,5,8H2. The molecule has 0 aromatic heterocycles. The first-order chi connectivity index (χ1) is 7.25. The minimum atomic E-state index is -0.203. The van der Waals surface area contributed by atoms with Gasteiger partial charge in [-0.2, -0.15) is 0 Å². The van der Waals surface area contributed by atoms with Crippen LogP contribution in [0, 0.1) is 5.82 Å². The Kier molecular flexibility index (Phi) is 3.54. The quantitative estimate of drug-likeness (QED) is 0.825.